The Balaban J connectivity index is 1.59. The molecule has 0 aliphatic carbocycles. The number of ether oxygens (including phenoxy) is 1. The van der Waals surface area contributed by atoms with Crippen LogP contribution in [0.5, 0.6) is 5.75 Å². The summed E-state index contributed by atoms with van der Waals surface area (Å²) in [6, 6.07) is 15.5. The molecule has 25 heavy (non-hydrogen) atoms. The van der Waals surface area contributed by atoms with Crippen molar-refractivity contribution in [1.29, 1.82) is 0 Å². The Kier molecular flexibility index (Phi) is 5.37. The van der Waals surface area contributed by atoms with Gasteiger partial charge in [-0.3, -0.25) is 0 Å². The second kappa shape index (κ2) is 7.87. The smallest absolute Gasteiger partial charge is 0.143 e. The minimum atomic E-state index is -0.599. The Labute approximate surface area is 146 Å². The molecule has 130 valence electrons. The van der Waals surface area contributed by atoms with Crippen molar-refractivity contribution in [3.05, 3.63) is 66.0 Å². The molecule has 0 bridgehead atoms. The van der Waals surface area contributed by atoms with E-state index in [4.69, 9.17) is 4.74 Å². The number of aromatic nitrogens is 4. The first-order chi connectivity index (χ1) is 12.2. The van der Waals surface area contributed by atoms with E-state index in [1.807, 2.05) is 48.5 Å². The number of hydrogen-bond donors (Lipinski definition) is 2. The lowest BCUT2D eigenvalue weighted by Crippen LogP contribution is -2.24. The minimum absolute atomic E-state index is 0.100. The van der Waals surface area contributed by atoms with Crippen molar-refractivity contribution in [2.75, 3.05) is 13.7 Å². The van der Waals surface area contributed by atoms with Gasteiger partial charge in [0.15, 0.2) is 0 Å². The molecule has 0 unspecified atom stereocenters. The van der Waals surface area contributed by atoms with E-state index in [1.165, 1.54) is 0 Å². The largest absolute Gasteiger partial charge is 0.497 e. The van der Waals surface area contributed by atoms with Gasteiger partial charge in [-0.15, -0.1) is 5.10 Å². The Morgan fingerprint density at radius 1 is 1.16 bits per heavy atom. The van der Waals surface area contributed by atoms with Gasteiger partial charge in [0.1, 0.15) is 12.1 Å². The molecule has 3 rings (SSSR count). The lowest BCUT2D eigenvalue weighted by atomic mass is 10.1. The number of rotatable bonds is 7. The SMILES string of the molecule is COc1cccc([C@@H](O)CN[C@H](C)c2ccc(-n3cnnn3)cc2)c1. The number of nitrogens with one attached hydrogen (secondary N) is 1. The fourth-order valence-electron chi connectivity index (χ4n) is 2.57. The van der Waals surface area contributed by atoms with Crippen LogP contribution in [0, 0.1) is 0 Å². The molecule has 1 heterocycles. The molecule has 0 spiro atoms. The van der Waals surface area contributed by atoms with Crippen molar-refractivity contribution in [3.8, 4) is 11.4 Å². The molecule has 1 aromatic heterocycles. The van der Waals surface area contributed by atoms with Crippen LogP contribution >= 0.6 is 0 Å². The van der Waals surface area contributed by atoms with Gasteiger partial charge in [0.25, 0.3) is 0 Å². The van der Waals surface area contributed by atoms with Gasteiger partial charge in [-0.25, -0.2) is 4.68 Å². The maximum atomic E-state index is 10.4. The van der Waals surface area contributed by atoms with E-state index in [-0.39, 0.29) is 6.04 Å². The van der Waals surface area contributed by atoms with E-state index in [2.05, 4.69) is 27.8 Å². The molecule has 0 radical (unpaired) electrons. The number of methoxy groups -OCH3 is 1. The first-order valence-electron chi connectivity index (χ1n) is 8.06. The molecule has 2 N–H and O–H groups in total. The number of benzene rings is 2. The zero-order valence-electron chi connectivity index (χ0n) is 14.2. The summed E-state index contributed by atoms with van der Waals surface area (Å²) in [5.41, 5.74) is 2.85. The maximum Gasteiger partial charge on any atom is 0.143 e. The number of aliphatic hydroxyl groups excluding tert-OH is 1. The van der Waals surface area contributed by atoms with Crippen LogP contribution in [-0.2, 0) is 0 Å². The van der Waals surface area contributed by atoms with Crippen molar-refractivity contribution in [2.24, 2.45) is 0 Å². The topological polar surface area (TPSA) is 85.1 Å². The Morgan fingerprint density at radius 2 is 1.96 bits per heavy atom. The zero-order valence-corrected chi connectivity index (χ0v) is 14.2. The van der Waals surface area contributed by atoms with Crippen molar-refractivity contribution in [2.45, 2.75) is 19.1 Å². The Hall–Kier alpha value is -2.77. The zero-order chi connectivity index (χ0) is 17.6. The number of hydrogen-bond acceptors (Lipinski definition) is 6. The van der Waals surface area contributed by atoms with E-state index in [9.17, 15) is 5.11 Å². The molecule has 0 aliphatic heterocycles. The number of aliphatic hydroxyl groups is 1. The molecule has 0 saturated carbocycles. The number of tetrazole rings is 1. The third-order valence-corrected chi connectivity index (χ3v) is 4.10. The molecule has 0 saturated heterocycles. The van der Waals surface area contributed by atoms with Crippen LogP contribution in [0.2, 0.25) is 0 Å². The summed E-state index contributed by atoms with van der Waals surface area (Å²) in [6.07, 6.45) is 0.958. The van der Waals surface area contributed by atoms with Gasteiger partial charge in [-0.2, -0.15) is 0 Å². The second-order valence-corrected chi connectivity index (χ2v) is 5.77. The van der Waals surface area contributed by atoms with Crippen LogP contribution in [0.15, 0.2) is 54.9 Å². The van der Waals surface area contributed by atoms with Gasteiger partial charge in [-0.1, -0.05) is 24.3 Å². The van der Waals surface area contributed by atoms with Gasteiger partial charge in [0.05, 0.1) is 18.9 Å². The molecule has 0 amide bonds. The van der Waals surface area contributed by atoms with Crippen molar-refractivity contribution in [3.63, 3.8) is 0 Å². The summed E-state index contributed by atoms with van der Waals surface area (Å²) in [5.74, 6) is 0.739. The van der Waals surface area contributed by atoms with Gasteiger partial charge >= 0.3 is 0 Å². The first-order valence-corrected chi connectivity index (χ1v) is 8.06. The third kappa shape index (κ3) is 4.20. The maximum absolute atomic E-state index is 10.4. The number of nitrogens with zero attached hydrogens (tertiary/aromatic N) is 4. The molecular formula is C18H21N5O2. The van der Waals surface area contributed by atoms with E-state index in [0.29, 0.717) is 6.54 Å². The highest BCUT2D eigenvalue weighted by atomic mass is 16.5. The third-order valence-electron chi connectivity index (χ3n) is 4.10. The average molecular weight is 339 g/mol. The predicted octanol–water partition coefficient (Wildman–Crippen LogP) is 2.06. The summed E-state index contributed by atoms with van der Waals surface area (Å²) in [7, 11) is 1.62. The Bertz CT molecular complexity index is 789. The van der Waals surface area contributed by atoms with Crippen LogP contribution in [-0.4, -0.2) is 39.0 Å². The monoisotopic (exact) mass is 339 g/mol. The fourth-order valence-corrected chi connectivity index (χ4v) is 2.57. The molecular weight excluding hydrogens is 318 g/mol. The Morgan fingerprint density at radius 3 is 2.64 bits per heavy atom. The van der Waals surface area contributed by atoms with E-state index in [0.717, 1.165) is 22.6 Å². The molecule has 7 heteroatoms. The highest BCUT2D eigenvalue weighted by Crippen LogP contribution is 2.20. The van der Waals surface area contributed by atoms with Gasteiger partial charge in [0, 0.05) is 12.6 Å². The van der Waals surface area contributed by atoms with Crippen LogP contribution in [0.4, 0.5) is 0 Å². The lowest BCUT2D eigenvalue weighted by molar-refractivity contribution is 0.170. The van der Waals surface area contributed by atoms with E-state index in [1.54, 1.807) is 18.1 Å². The minimum Gasteiger partial charge on any atom is -0.497 e. The fraction of sp³-hybridized carbons (Fsp3) is 0.278. The average Bonchev–Trinajstić information content (AvgIpc) is 3.20. The van der Waals surface area contributed by atoms with E-state index >= 15 is 0 Å². The molecule has 2 atom stereocenters. The molecule has 2 aromatic carbocycles. The molecule has 0 fully saturated rings. The normalized spacial score (nSPS) is 13.4. The van der Waals surface area contributed by atoms with Gasteiger partial charge in [-0.05, 0) is 52.7 Å². The van der Waals surface area contributed by atoms with Crippen LogP contribution < -0.4 is 10.1 Å². The summed E-state index contributed by atoms with van der Waals surface area (Å²) < 4.78 is 6.80. The standard InChI is InChI=1S/C18H21N5O2/c1-13(14-6-8-16(9-7-14)23-12-20-21-22-23)19-11-18(24)15-4-3-5-17(10-15)25-2/h3-10,12-13,18-19,24H,11H2,1-2H3/t13-,18+/m1/s1. The second-order valence-electron chi connectivity index (χ2n) is 5.77. The molecule has 7 nitrogen and oxygen atoms in total. The highest BCUT2D eigenvalue weighted by Gasteiger charge is 2.11. The summed E-state index contributed by atoms with van der Waals surface area (Å²) in [6.45, 7) is 2.51. The van der Waals surface area contributed by atoms with Crippen molar-refractivity contribution in [1.82, 2.24) is 25.5 Å². The summed E-state index contributed by atoms with van der Waals surface area (Å²) in [5, 5.41) is 24.8. The van der Waals surface area contributed by atoms with Crippen LogP contribution in [0.25, 0.3) is 5.69 Å². The molecule has 0 aliphatic rings. The molecule has 3 aromatic rings. The van der Waals surface area contributed by atoms with Gasteiger partial charge in [0.2, 0.25) is 0 Å². The summed E-state index contributed by atoms with van der Waals surface area (Å²) >= 11 is 0. The van der Waals surface area contributed by atoms with Crippen LogP contribution in [0.3, 0.4) is 0 Å². The first kappa shape index (κ1) is 17.1. The quantitative estimate of drug-likeness (QED) is 0.685. The summed E-state index contributed by atoms with van der Waals surface area (Å²) in [4.78, 5) is 0. The van der Waals surface area contributed by atoms with Crippen molar-refractivity contribution < 1.29 is 9.84 Å². The predicted molar refractivity (Wildman–Crippen MR) is 93.5 cm³/mol. The van der Waals surface area contributed by atoms with Gasteiger partial charge < -0.3 is 15.2 Å². The lowest BCUT2D eigenvalue weighted by Gasteiger charge is -2.18. The van der Waals surface area contributed by atoms with Crippen LogP contribution in [0.1, 0.15) is 30.2 Å². The van der Waals surface area contributed by atoms with E-state index < -0.39 is 6.10 Å². The highest BCUT2D eigenvalue weighted by molar-refractivity contribution is 5.34. The van der Waals surface area contributed by atoms with Crippen molar-refractivity contribution >= 4 is 0 Å².